The minimum Gasteiger partial charge on any atom is -0.325 e. The van der Waals surface area contributed by atoms with Crippen molar-refractivity contribution >= 4 is 24.0 Å². The molecule has 0 aliphatic rings. The predicted molar refractivity (Wildman–Crippen MR) is 74.5 cm³/mol. The lowest BCUT2D eigenvalue weighted by atomic mass is 9.87. The maximum atomic E-state index is 11.8. The van der Waals surface area contributed by atoms with Gasteiger partial charge in [-0.3, -0.25) is 4.79 Å². The van der Waals surface area contributed by atoms with Crippen LogP contribution >= 0.6 is 12.4 Å². The smallest absolute Gasteiger partial charge is 0.241 e. The van der Waals surface area contributed by atoms with Crippen LogP contribution in [0, 0.1) is 12.3 Å². The van der Waals surface area contributed by atoms with Crippen molar-refractivity contribution in [3.63, 3.8) is 0 Å². The zero-order valence-electron chi connectivity index (χ0n) is 10.8. The van der Waals surface area contributed by atoms with E-state index in [0.29, 0.717) is 0 Å². The maximum absolute atomic E-state index is 11.8. The number of rotatable bonds is 2. The van der Waals surface area contributed by atoms with Crippen LogP contribution in [0.5, 0.6) is 0 Å². The molecule has 0 aliphatic heterocycles. The van der Waals surface area contributed by atoms with Gasteiger partial charge in [-0.05, 0) is 30.0 Å². The second-order valence-corrected chi connectivity index (χ2v) is 5.20. The molecule has 17 heavy (non-hydrogen) atoms. The molecule has 96 valence electrons. The van der Waals surface area contributed by atoms with E-state index in [9.17, 15) is 4.79 Å². The first-order valence-electron chi connectivity index (χ1n) is 5.44. The largest absolute Gasteiger partial charge is 0.325 e. The van der Waals surface area contributed by atoms with Crippen molar-refractivity contribution < 1.29 is 4.79 Å². The fraction of sp³-hybridized carbons (Fsp3) is 0.462. The van der Waals surface area contributed by atoms with Crippen LogP contribution in [0.15, 0.2) is 24.3 Å². The van der Waals surface area contributed by atoms with Crippen molar-refractivity contribution in [2.24, 2.45) is 11.1 Å². The lowest BCUT2D eigenvalue weighted by molar-refractivity contribution is -0.119. The lowest BCUT2D eigenvalue weighted by Gasteiger charge is -2.25. The molecule has 0 heterocycles. The summed E-state index contributed by atoms with van der Waals surface area (Å²) in [5.74, 6) is -0.141. The molecule has 0 bridgehead atoms. The Morgan fingerprint density at radius 1 is 1.35 bits per heavy atom. The Balaban J connectivity index is 0.00000256. The first kappa shape index (κ1) is 15.9. The molecule has 0 saturated heterocycles. The third-order valence-electron chi connectivity index (χ3n) is 2.50. The molecule has 1 atom stereocenters. The molecule has 1 amide bonds. The second-order valence-electron chi connectivity index (χ2n) is 5.20. The van der Waals surface area contributed by atoms with E-state index in [1.165, 1.54) is 0 Å². The van der Waals surface area contributed by atoms with Crippen molar-refractivity contribution in [1.82, 2.24) is 0 Å². The van der Waals surface area contributed by atoms with Gasteiger partial charge in [0.2, 0.25) is 5.91 Å². The van der Waals surface area contributed by atoms with Gasteiger partial charge in [0.15, 0.2) is 0 Å². The number of hydrogen-bond donors (Lipinski definition) is 2. The summed E-state index contributed by atoms with van der Waals surface area (Å²) < 4.78 is 0. The standard InChI is InChI=1S/C13H20N2O.ClH/c1-9-6-5-7-10(8-9)15-12(16)11(14)13(2,3)4;/h5-8,11H,14H2,1-4H3,(H,15,16);1H/t11-;/m1./s1. The normalized spacial score (nSPS) is 12.5. The van der Waals surface area contributed by atoms with Gasteiger partial charge in [0.05, 0.1) is 6.04 Å². The van der Waals surface area contributed by atoms with Gasteiger partial charge in [-0.25, -0.2) is 0 Å². The number of halogens is 1. The van der Waals surface area contributed by atoms with E-state index < -0.39 is 6.04 Å². The van der Waals surface area contributed by atoms with Gasteiger partial charge in [0.25, 0.3) is 0 Å². The molecule has 0 aromatic heterocycles. The zero-order valence-corrected chi connectivity index (χ0v) is 11.6. The molecule has 0 unspecified atom stereocenters. The van der Waals surface area contributed by atoms with Crippen molar-refractivity contribution in [1.29, 1.82) is 0 Å². The van der Waals surface area contributed by atoms with Crippen LogP contribution < -0.4 is 11.1 Å². The fourth-order valence-corrected chi connectivity index (χ4v) is 1.34. The number of benzene rings is 1. The van der Waals surface area contributed by atoms with Gasteiger partial charge >= 0.3 is 0 Å². The lowest BCUT2D eigenvalue weighted by Crippen LogP contribution is -2.45. The number of hydrogen-bond acceptors (Lipinski definition) is 2. The number of anilines is 1. The predicted octanol–water partition coefficient (Wildman–Crippen LogP) is 2.73. The van der Waals surface area contributed by atoms with E-state index in [2.05, 4.69) is 5.32 Å². The summed E-state index contributed by atoms with van der Waals surface area (Å²) in [6.45, 7) is 7.84. The first-order valence-corrected chi connectivity index (χ1v) is 5.44. The minimum absolute atomic E-state index is 0. The maximum Gasteiger partial charge on any atom is 0.241 e. The summed E-state index contributed by atoms with van der Waals surface area (Å²) in [6, 6.07) is 7.17. The summed E-state index contributed by atoms with van der Waals surface area (Å²) in [5, 5.41) is 2.83. The third-order valence-corrected chi connectivity index (χ3v) is 2.50. The highest BCUT2D eigenvalue weighted by Gasteiger charge is 2.27. The minimum atomic E-state index is -0.506. The van der Waals surface area contributed by atoms with Crippen LogP contribution in [-0.2, 0) is 4.79 Å². The summed E-state index contributed by atoms with van der Waals surface area (Å²) in [5.41, 5.74) is 7.55. The van der Waals surface area contributed by atoms with Gasteiger partial charge in [0.1, 0.15) is 0 Å². The number of carbonyl (C=O) groups excluding carboxylic acids is 1. The molecule has 3 N–H and O–H groups in total. The molecule has 1 aromatic rings. The van der Waals surface area contributed by atoms with E-state index >= 15 is 0 Å². The summed E-state index contributed by atoms with van der Waals surface area (Å²) in [4.78, 5) is 11.8. The molecule has 4 heteroatoms. The highest BCUT2D eigenvalue weighted by Crippen LogP contribution is 2.19. The topological polar surface area (TPSA) is 55.1 Å². The number of amides is 1. The van der Waals surface area contributed by atoms with Crippen LogP contribution in [0.4, 0.5) is 5.69 Å². The van der Waals surface area contributed by atoms with Crippen molar-refractivity contribution in [2.75, 3.05) is 5.32 Å². The van der Waals surface area contributed by atoms with Crippen molar-refractivity contribution in [3.05, 3.63) is 29.8 Å². The summed E-state index contributed by atoms with van der Waals surface area (Å²) >= 11 is 0. The third kappa shape index (κ3) is 4.75. The molecule has 0 aliphatic carbocycles. The van der Waals surface area contributed by atoms with Gasteiger partial charge < -0.3 is 11.1 Å². The Morgan fingerprint density at radius 3 is 2.41 bits per heavy atom. The van der Waals surface area contributed by atoms with Gasteiger partial charge in [-0.2, -0.15) is 0 Å². The number of carbonyl (C=O) groups is 1. The number of nitrogens with one attached hydrogen (secondary N) is 1. The quantitative estimate of drug-likeness (QED) is 0.855. The van der Waals surface area contributed by atoms with Crippen LogP contribution in [0.3, 0.4) is 0 Å². The molecule has 0 radical (unpaired) electrons. The van der Waals surface area contributed by atoms with E-state index in [-0.39, 0.29) is 23.7 Å². The Bertz CT molecular complexity index is 385. The monoisotopic (exact) mass is 256 g/mol. The number of nitrogens with two attached hydrogens (primary N) is 1. The van der Waals surface area contributed by atoms with Gasteiger partial charge in [-0.15, -0.1) is 12.4 Å². The summed E-state index contributed by atoms with van der Waals surface area (Å²) in [7, 11) is 0. The average Bonchev–Trinajstić information content (AvgIpc) is 2.15. The van der Waals surface area contributed by atoms with Gasteiger partial charge in [0, 0.05) is 5.69 Å². The average molecular weight is 257 g/mol. The molecular formula is C13H21ClN2O. The highest BCUT2D eigenvalue weighted by molar-refractivity contribution is 5.95. The Labute approximate surface area is 109 Å². The van der Waals surface area contributed by atoms with E-state index in [1.807, 2.05) is 52.0 Å². The Hall–Kier alpha value is -1.06. The number of aryl methyl sites for hydroxylation is 1. The molecule has 0 saturated carbocycles. The zero-order chi connectivity index (χ0) is 12.3. The molecular weight excluding hydrogens is 236 g/mol. The fourth-order valence-electron chi connectivity index (χ4n) is 1.34. The Kier molecular flexibility index (Phi) is 5.66. The van der Waals surface area contributed by atoms with Crippen LogP contribution in [0.1, 0.15) is 26.3 Å². The summed E-state index contributed by atoms with van der Waals surface area (Å²) in [6.07, 6.45) is 0. The van der Waals surface area contributed by atoms with Gasteiger partial charge in [-0.1, -0.05) is 32.9 Å². The Morgan fingerprint density at radius 2 is 1.94 bits per heavy atom. The van der Waals surface area contributed by atoms with Crippen LogP contribution in [-0.4, -0.2) is 11.9 Å². The van der Waals surface area contributed by atoms with Crippen LogP contribution in [0.25, 0.3) is 0 Å². The molecule has 1 rings (SSSR count). The first-order chi connectivity index (χ1) is 7.30. The molecule has 1 aromatic carbocycles. The molecule has 0 fully saturated rings. The van der Waals surface area contributed by atoms with Crippen LogP contribution in [0.2, 0.25) is 0 Å². The SMILES string of the molecule is Cc1cccc(NC(=O)[C@@H](N)C(C)(C)C)c1.Cl. The van der Waals surface area contributed by atoms with E-state index in [1.54, 1.807) is 0 Å². The van der Waals surface area contributed by atoms with Crippen molar-refractivity contribution in [2.45, 2.75) is 33.7 Å². The van der Waals surface area contributed by atoms with Crippen molar-refractivity contribution in [3.8, 4) is 0 Å². The highest BCUT2D eigenvalue weighted by atomic mass is 35.5. The van der Waals surface area contributed by atoms with E-state index in [4.69, 9.17) is 5.73 Å². The molecule has 3 nitrogen and oxygen atoms in total. The molecule has 0 spiro atoms. The van der Waals surface area contributed by atoms with E-state index in [0.717, 1.165) is 11.3 Å². The second kappa shape index (κ2) is 6.03.